The minimum absolute atomic E-state index is 0.0515. The van der Waals surface area contributed by atoms with Gasteiger partial charge in [-0.25, -0.2) is 18.5 Å². The molecule has 7 N–H and O–H groups in total. The monoisotopic (exact) mass is 992 g/mol. The molecule has 0 spiro atoms. The number of ether oxygens (including phenoxy) is 3. The molecule has 4 aromatic rings. The van der Waals surface area contributed by atoms with Gasteiger partial charge in [-0.3, -0.25) is 24.0 Å². The van der Waals surface area contributed by atoms with Crippen molar-refractivity contribution in [3.05, 3.63) is 93.0 Å². The molecule has 1 amide bonds. The number of hydrogen-bond acceptors (Lipinski definition) is 20. The molecule has 1 aliphatic rings. The van der Waals surface area contributed by atoms with Gasteiger partial charge in [0.1, 0.15) is 34.9 Å². The Labute approximate surface area is 380 Å². The average Bonchev–Trinajstić information content (AvgIpc) is 3.74. The Morgan fingerprint density at radius 3 is 2.12 bits per heavy atom. The minimum atomic E-state index is -5.70. The van der Waals surface area contributed by atoms with Crippen molar-refractivity contribution in [2.24, 2.45) is 20.5 Å². The van der Waals surface area contributed by atoms with Crippen LogP contribution >= 0.6 is 23.5 Å². The standard InChI is InChI=1S/C37H43N10O17P3/c1-45(27-12-8-25(9-13-27)41-43-30-20-33(60-3)31(21-32(30)59-2)44-42-26-10-14-28(15-11-26)47(50)51)19-5-7-34(48)39-18-4-6-24-22-46(37(49)40-36(24)38)35-17-16-29(62-35)23-61-66(55,56)64-67(57,58)63-65(52,53)54/h8-15,20-22,29,35H,5,7,16-19,23H2,1-3H3,(H,39,48)(H,55,56)(H,57,58)(H2,38,40,49)(H2,52,53,54)/t29-,35+/m0/s1. The molecular formula is C37H43N10O17P3. The fourth-order valence-electron chi connectivity index (χ4n) is 5.91. The zero-order valence-electron chi connectivity index (χ0n) is 35.5. The highest BCUT2D eigenvalue weighted by Crippen LogP contribution is 2.66. The molecule has 2 unspecified atom stereocenters. The third-order valence-electron chi connectivity index (χ3n) is 9.09. The van der Waals surface area contributed by atoms with Gasteiger partial charge in [-0.05, 0) is 55.7 Å². The zero-order valence-corrected chi connectivity index (χ0v) is 38.2. The summed E-state index contributed by atoms with van der Waals surface area (Å²) in [7, 11) is -11.8. The molecule has 3 aromatic carbocycles. The first-order valence-electron chi connectivity index (χ1n) is 19.4. The van der Waals surface area contributed by atoms with Crippen molar-refractivity contribution in [3.8, 4) is 23.3 Å². The summed E-state index contributed by atoms with van der Waals surface area (Å²) in [6.07, 6.45) is 0.448. The molecule has 358 valence electrons. The predicted molar refractivity (Wildman–Crippen MR) is 236 cm³/mol. The number of nitro groups is 1. The molecule has 1 saturated heterocycles. The van der Waals surface area contributed by atoms with Gasteiger partial charge in [-0.15, -0.1) is 10.2 Å². The molecule has 0 radical (unpaired) electrons. The molecule has 1 aromatic heterocycles. The number of nitro benzene ring substituents is 1. The Kier molecular flexibility index (Phi) is 17.7. The molecule has 4 atom stereocenters. The highest BCUT2D eigenvalue weighted by molar-refractivity contribution is 7.66. The number of nitrogens with two attached hydrogens (primary N) is 1. The zero-order chi connectivity index (χ0) is 48.9. The van der Waals surface area contributed by atoms with Crippen LogP contribution in [-0.2, 0) is 36.4 Å². The lowest BCUT2D eigenvalue weighted by atomic mass is 10.2. The summed E-state index contributed by atoms with van der Waals surface area (Å²) >= 11 is 0. The van der Waals surface area contributed by atoms with E-state index in [1.54, 1.807) is 24.3 Å². The third-order valence-corrected chi connectivity index (χ3v) is 12.9. The minimum Gasteiger partial charge on any atom is -0.494 e. The predicted octanol–water partition coefficient (Wildman–Crippen LogP) is 5.99. The second kappa shape index (κ2) is 23.0. The Morgan fingerprint density at radius 1 is 0.955 bits per heavy atom. The van der Waals surface area contributed by atoms with E-state index in [1.165, 1.54) is 44.7 Å². The van der Waals surface area contributed by atoms with Gasteiger partial charge in [0.05, 0.1) is 55.3 Å². The van der Waals surface area contributed by atoms with Crippen molar-refractivity contribution in [2.45, 2.75) is 38.0 Å². The van der Waals surface area contributed by atoms with E-state index >= 15 is 0 Å². The van der Waals surface area contributed by atoms with Gasteiger partial charge in [0.2, 0.25) is 5.91 Å². The van der Waals surface area contributed by atoms with E-state index in [0.717, 1.165) is 10.3 Å². The van der Waals surface area contributed by atoms with Gasteiger partial charge in [-0.2, -0.15) is 23.8 Å². The maximum Gasteiger partial charge on any atom is 0.490 e. The molecule has 27 nitrogen and oxygen atoms in total. The number of nitrogens with one attached hydrogen (secondary N) is 1. The number of carbonyl (C=O) groups is 1. The van der Waals surface area contributed by atoms with Crippen molar-refractivity contribution in [2.75, 3.05) is 51.6 Å². The van der Waals surface area contributed by atoms with Crippen LogP contribution in [0.15, 0.2) is 92.1 Å². The summed E-state index contributed by atoms with van der Waals surface area (Å²) in [5.74, 6) is 5.74. The molecule has 67 heavy (non-hydrogen) atoms. The number of non-ortho nitro benzene ring substituents is 1. The molecule has 1 fully saturated rings. The number of carbonyl (C=O) groups excluding carboxylic acids is 1. The van der Waals surface area contributed by atoms with Crippen LogP contribution in [0.2, 0.25) is 0 Å². The summed E-state index contributed by atoms with van der Waals surface area (Å²) < 4.78 is 64.1. The van der Waals surface area contributed by atoms with Crippen LogP contribution in [0.5, 0.6) is 11.5 Å². The molecule has 5 rings (SSSR count). The number of anilines is 2. The summed E-state index contributed by atoms with van der Waals surface area (Å²) in [6.45, 7) is -0.206. The molecule has 0 saturated carbocycles. The van der Waals surface area contributed by atoms with Crippen LogP contribution in [0.25, 0.3) is 0 Å². The highest BCUT2D eigenvalue weighted by Gasteiger charge is 2.41. The van der Waals surface area contributed by atoms with E-state index in [4.69, 9.17) is 29.7 Å². The van der Waals surface area contributed by atoms with Crippen LogP contribution in [0.3, 0.4) is 0 Å². The fraction of sp³-hybridized carbons (Fsp3) is 0.324. The quantitative estimate of drug-likeness (QED) is 0.0183. The number of aromatic nitrogens is 2. The number of methoxy groups -OCH3 is 2. The number of phosphoric ester groups is 1. The normalized spacial score (nSPS) is 16.8. The third kappa shape index (κ3) is 16.0. The molecule has 0 aliphatic carbocycles. The van der Waals surface area contributed by atoms with Crippen LogP contribution in [-0.4, -0.2) is 87.0 Å². The van der Waals surface area contributed by atoms with E-state index in [1.807, 2.05) is 24.1 Å². The van der Waals surface area contributed by atoms with Gasteiger partial charge in [0.25, 0.3) is 5.69 Å². The van der Waals surface area contributed by atoms with Gasteiger partial charge in [-0.1, -0.05) is 11.8 Å². The number of amides is 1. The maximum absolute atomic E-state index is 12.6. The van der Waals surface area contributed by atoms with Gasteiger partial charge < -0.3 is 49.7 Å². The SMILES string of the molecule is COc1cc(N=Nc2ccc([N+](=O)[O-])cc2)c(OC)cc1N=Nc1ccc(N(C)CCCC(=O)NCC#Cc2cn([C@H]3CC[C@@H](COP(=O)(O)OP(=O)(O)OP(=O)(O)O)O3)c(=O)nc2N)cc1. The van der Waals surface area contributed by atoms with E-state index < -0.39 is 53.0 Å². The smallest absolute Gasteiger partial charge is 0.490 e. The second-order valence-electron chi connectivity index (χ2n) is 13.9. The molecular weight excluding hydrogens is 949 g/mol. The number of nitrogens with zero attached hydrogens (tertiary/aromatic N) is 8. The van der Waals surface area contributed by atoms with E-state index in [0.29, 0.717) is 47.2 Å². The second-order valence-corrected chi connectivity index (χ2v) is 18.3. The van der Waals surface area contributed by atoms with Gasteiger partial charge >= 0.3 is 29.2 Å². The molecule has 30 heteroatoms. The highest BCUT2D eigenvalue weighted by atomic mass is 31.3. The topological polar surface area (TPSA) is 373 Å². The maximum atomic E-state index is 12.6. The van der Waals surface area contributed by atoms with E-state index in [2.05, 4.69) is 55.7 Å². The first kappa shape index (κ1) is 51.7. The Balaban J connectivity index is 1.06. The summed E-state index contributed by atoms with van der Waals surface area (Å²) in [6, 6.07) is 16.0. The summed E-state index contributed by atoms with van der Waals surface area (Å²) in [5.41, 5.74) is 7.67. The number of phosphoric acid groups is 3. The largest absolute Gasteiger partial charge is 0.494 e. The van der Waals surface area contributed by atoms with Crippen molar-refractivity contribution >= 4 is 69.3 Å². The summed E-state index contributed by atoms with van der Waals surface area (Å²) in [5, 5.41) is 30.6. The molecule has 2 heterocycles. The number of benzene rings is 3. The van der Waals surface area contributed by atoms with Crippen LogP contribution in [0, 0.1) is 22.0 Å². The van der Waals surface area contributed by atoms with Gasteiger partial charge in [0.15, 0.2) is 0 Å². The Hall–Kier alpha value is -6.26. The number of nitrogen functional groups attached to an aromatic ring is 1. The molecule has 0 bridgehead atoms. The van der Waals surface area contributed by atoms with Crippen LogP contribution < -0.4 is 31.1 Å². The van der Waals surface area contributed by atoms with Crippen molar-refractivity contribution in [3.63, 3.8) is 0 Å². The lowest BCUT2D eigenvalue weighted by Gasteiger charge is -2.19. The van der Waals surface area contributed by atoms with Crippen molar-refractivity contribution < 1.29 is 70.3 Å². The molecule has 1 aliphatic heterocycles. The lowest BCUT2D eigenvalue weighted by molar-refractivity contribution is -0.384. The van der Waals surface area contributed by atoms with Crippen molar-refractivity contribution in [1.82, 2.24) is 14.9 Å². The Bertz CT molecular complexity index is 2760. The van der Waals surface area contributed by atoms with Crippen molar-refractivity contribution in [1.29, 1.82) is 0 Å². The van der Waals surface area contributed by atoms with E-state index in [-0.39, 0.29) is 48.8 Å². The number of rotatable bonds is 21. The lowest BCUT2D eigenvalue weighted by Crippen LogP contribution is -2.29. The van der Waals surface area contributed by atoms with Crippen LogP contribution in [0.4, 0.5) is 39.9 Å². The Morgan fingerprint density at radius 2 is 1.55 bits per heavy atom. The number of azo groups is 2. The number of hydrogen-bond donors (Lipinski definition) is 6. The van der Waals surface area contributed by atoms with Gasteiger partial charge in [0, 0.05) is 56.2 Å². The van der Waals surface area contributed by atoms with Crippen LogP contribution in [0.1, 0.15) is 37.5 Å². The first-order valence-corrected chi connectivity index (χ1v) is 23.9. The first-order chi connectivity index (χ1) is 31.6. The summed E-state index contributed by atoms with van der Waals surface area (Å²) in [4.78, 5) is 77.6. The fourth-order valence-corrected chi connectivity index (χ4v) is 8.96. The average molecular weight is 993 g/mol. The van der Waals surface area contributed by atoms with E-state index in [9.17, 15) is 43.2 Å².